The van der Waals surface area contributed by atoms with Crippen molar-refractivity contribution in [1.29, 1.82) is 0 Å². The lowest BCUT2D eigenvalue weighted by atomic mass is 9.56. The Morgan fingerprint density at radius 2 is 1.02 bits per heavy atom. The van der Waals surface area contributed by atoms with Crippen molar-refractivity contribution >= 4 is 14.1 Å². The van der Waals surface area contributed by atoms with Crippen molar-refractivity contribution in [3.8, 4) is 11.5 Å². The highest BCUT2D eigenvalue weighted by atomic mass is 28.4. The quantitative estimate of drug-likeness (QED) is 0.0927. The van der Waals surface area contributed by atoms with Crippen LogP contribution in [0, 0.1) is 64.1 Å². The van der Waals surface area contributed by atoms with Crippen molar-refractivity contribution in [2.75, 3.05) is 0 Å². The van der Waals surface area contributed by atoms with E-state index in [4.69, 9.17) is 18.6 Å². The molecule has 1 heterocycles. The first-order valence-electron chi connectivity index (χ1n) is 14.2. The first kappa shape index (κ1) is 37.8. The summed E-state index contributed by atoms with van der Waals surface area (Å²) in [5, 5.41) is 47.0. The summed E-state index contributed by atoms with van der Waals surface area (Å²) in [4.78, 5) is 13.6. The van der Waals surface area contributed by atoms with Gasteiger partial charge < -0.3 is 39.1 Å². The Morgan fingerprint density at radius 1 is 0.688 bits per heavy atom. The Kier molecular flexibility index (Phi) is 9.52. The third-order valence-electron chi connectivity index (χ3n) is 9.29. The molecule has 20 heteroatoms. The van der Waals surface area contributed by atoms with Crippen LogP contribution in [-0.4, -0.2) is 69.7 Å². The number of rotatable bonds is 10. The second-order valence-electron chi connectivity index (χ2n) is 11.5. The number of ketones is 1. The van der Waals surface area contributed by atoms with E-state index in [1.165, 1.54) is 20.8 Å². The van der Waals surface area contributed by atoms with Gasteiger partial charge in [-0.1, -0.05) is 27.7 Å². The molecule has 1 saturated carbocycles. The van der Waals surface area contributed by atoms with E-state index in [2.05, 4.69) is 0 Å². The largest absolute Gasteiger partial charge is 0.446 e. The van der Waals surface area contributed by atoms with E-state index < -0.39 is 125 Å². The summed E-state index contributed by atoms with van der Waals surface area (Å²) in [6.07, 6.45) is -4.51. The maximum Gasteiger partial charge on any atom is 0.340 e. The summed E-state index contributed by atoms with van der Waals surface area (Å²) in [6.45, 7) is 5.75. The fourth-order valence-corrected chi connectivity index (χ4v) is 8.90. The Balaban J connectivity index is 2.21. The summed E-state index contributed by atoms with van der Waals surface area (Å²) >= 11 is 0. The molecule has 0 aromatic heterocycles. The van der Waals surface area contributed by atoms with Crippen LogP contribution in [0.5, 0.6) is 11.5 Å². The molecule has 268 valence electrons. The van der Waals surface area contributed by atoms with Gasteiger partial charge in [0.1, 0.15) is 6.10 Å². The van der Waals surface area contributed by atoms with Gasteiger partial charge in [0, 0.05) is 12.8 Å². The van der Waals surface area contributed by atoms with Gasteiger partial charge in [-0.2, -0.15) is 17.6 Å². The van der Waals surface area contributed by atoms with Crippen LogP contribution in [0.4, 0.5) is 43.9 Å². The van der Waals surface area contributed by atoms with E-state index in [-0.39, 0.29) is 18.1 Å². The van der Waals surface area contributed by atoms with Crippen molar-refractivity contribution in [1.82, 2.24) is 0 Å². The molecule has 4 rings (SSSR count). The van der Waals surface area contributed by atoms with Crippen molar-refractivity contribution in [2.45, 2.75) is 87.9 Å². The molecule has 2 fully saturated rings. The molecule has 0 amide bonds. The van der Waals surface area contributed by atoms with Gasteiger partial charge >= 0.3 is 11.6 Å². The zero-order valence-electron chi connectivity index (χ0n) is 25.5. The van der Waals surface area contributed by atoms with Crippen LogP contribution >= 0.6 is 0 Å². The Morgan fingerprint density at radius 3 is 1.35 bits per heavy atom. The highest BCUT2D eigenvalue weighted by molar-refractivity contribution is 6.73. The second-order valence-corrected chi connectivity index (χ2v) is 16.1. The highest BCUT2D eigenvalue weighted by Gasteiger charge is 2.90. The molecule has 4 N–H and O–H groups in total. The van der Waals surface area contributed by atoms with Crippen molar-refractivity contribution in [3.05, 3.63) is 58.2 Å². The summed E-state index contributed by atoms with van der Waals surface area (Å²) in [5.41, 5.74) is -3.64. The van der Waals surface area contributed by atoms with Crippen LogP contribution in [0.25, 0.3) is 0 Å². The molecule has 0 radical (unpaired) electrons. The third-order valence-corrected chi connectivity index (χ3v) is 13.9. The van der Waals surface area contributed by atoms with Gasteiger partial charge in [0.15, 0.2) is 19.7 Å². The van der Waals surface area contributed by atoms with E-state index >= 15 is 17.6 Å². The Bertz CT molecular complexity index is 1600. The third kappa shape index (κ3) is 4.63. The van der Waals surface area contributed by atoms with Gasteiger partial charge in [-0.25, -0.2) is 26.3 Å². The van der Waals surface area contributed by atoms with Gasteiger partial charge in [0.25, 0.3) is 5.79 Å². The molecular formula is C28H28F10O9Si. The molecule has 1 saturated heterocycles. The number of fused-ring (bicyclic) bond motifs is 1. The van der Waals surface area contributed by atoms with Gasteiger partial charge in [0.05, 0.1) is 6.10 Å². The summed E-state index contributed by atoms with van der Waals surface area (Å²) < 4.78 is 166. The van der Waals surface area contributed by atoms with Crippen molar-refractivity contribution < 1.29 is 87.8 Å². The van der Waals surface area contributed by atoms with E-state index in [0.29, 0.717) is 6.92 Å². The second kappa shape index (κ2) is 12.1. The molecule has 2 aromatic rings. The Labute approximate surface area is 265 Å². The number of aliphatic hydroxyl groups is 4. The molecule has 2 aliphatic rings. The monoisotopic (exact) mass is 726 g/mol. The van der Waals surface area contributed by atoms with Crippen LogP contribution < -0.4 is 9.47 Å². The molecule has 2 unspecified atom stereocenters. The maximum absolute atomic E-state index is 15.1. The van der Waals surface area contributed by atoms with Crippen LogP contribution in [-0.2, 0) is 14.0 Å². The molecule has 0 bridgehead atoms. The summed E-state index contributed by atoms with van der Waals surface area (Å²) in [7, 11) is -3.63. The zero-order valence-corrected chi connectivity index (χ0v) is 26.5. The highest BCUT2D eigenvalue weighted by Crippen LogP contribution is 2.62. The first-order valence-corrected chi connectivity index (χ1v) is 16.7. The standard InChI is InChI=1S/C28H28F10O9Si/c1-6-48(7-2,8-3)47-26(10(5)39)28(43,45-23-19(37)15(33)12(30)16(34)20(23)38)27(42,25(41)9(4)21(40)24(25)46-26)44-22-17(35)13(31)11(29)14(32)18(22)36/h9,21,24,40-43H,6-8H2,1-5H3/t9?,21?,24-,25-,26+,27-,28-/m1/s1. The number of benzene rings is 2. The number of ether oxygens (including phenoxy) is 3. The number of aliphatic hydroxyl groups excluding tert-OH is 1. The first-order chi connectivity index (χ1) is 22.0. The molecular weight excluding hydrogens is 698 g/mol. The smallest absolute Gasteiger partial charge is 0.340 e. The number of halogens is 10. The number of carbonyl (C=O) groups excluding carboxylic acids is 1. The lowest BCUT2D eigenvalue weighted by Crippen LogP contribution is -2.96. The van der Waals surface area contributed by atoms with Crippen LogP contribution in [0.3, 0.4) is 0 Å². The van der Waals surface area contributed by atoms with Crippen LogP contribution in [0.2, 0.25) is 18.1 Å². The lowest BCUT2D eigenvalue weighted by Gasteiger charge is -2.69. The van der Waals surface area contributed by atoms with Gasteiger partial charge in [-0.3, -0.25) is 4.79 Å². The van der Waals surface area contributed by atoms with Crippen LogP contribution in [0.1, 0.15) is 34.6 Å². The lowest BCUT2D eigenvalue weighted by molar-refractivity contribution is -0.537. The topological polar surface area (TPSA) is 135 Å². The fraction of sp³-hybridized carbons (Fsp3) is 0.536. The molecule has 1 aliphatic heterocycles. The average Bonchev–Trinajstić information content (AvgIpc) is 3.07. The van der Waals surface area contributed by atoms with E-state index in [1.807, 2.05) is 0 Å². The number of carbonyl (C=O) groups is 1. The predicted octanol–water partition coefficient (Wildman–Crippen LogP) is 4.36. The maximum atomic E-state index is 15.1. The van der Waals surface area contributed by atoms with Gasteiger partial charge in [-0.05, 0) is 18.1 Å². The number of Topliss-reactive ketones (excluding diaryl/α,β-unsaturated/α-hetero) is 1. The minimum atomic E-state index is -4.80. The fourth-order valence-electron chi connectivity index (χ4n) is 6.03. The van der Waals surface area contributed by atoms with Gasteiger partial charge in [-0.15, -0.1) is 0 Å². The SMILES string of the molecule is CC[Si](CC)(CC)O[C@]1(C(C)=O)O[C@@H]2C(O)C(C)[C@]2(O)[C@@](O)(Oc2c(F)c(F)c(F)c(F)c2F)[C@]1(O)Oc1c(F)c(F)c(F)c(F)c1F. The predicted molar refractivity (Wildman–Crippen MR) is 140 cm³/mol. The minimum absolute atomic E-state index is 0.0260. The average molecular weight is 727 g/mol. The molecule has 0 spiro atoms. The van der Waals surface area contributed by atoms with E-state index in [9.17, 15) is 51.6 Å². The number of hydrogen-bond donors (Lipinski definition) is 4. The minimum Gasteiger partial charge on any atom is -0.446 e. The van der Waals surface area contributed by atoms with Crippen molar-refractivity contribution in [2.24, 2.45) is 5.92 Å². The molecule has 2 aromatic carbocycles. The summed E-state index contributed by atoms with van der Waals surface area (Å²) in [5.74, 6) is -50.1. The van der Waals surface area contributed by atoms with E-state index in [1.54, 1.807) is 0 Å². The van der Waals surface area contributed by atoms with E-state index in [0.717, 1.165) is 6.92 Å². The van der Waals surface area contributed by atoms with Crippen molar-refractivity contribution in [3.63, 3.8) is 0 Å². The summed E-state index contributed by atoms with van der Waals surface area (Å²) in [6, 6.07) is -0.0779. The number of hydrogen-bond acceptors (Lipinski definition) is 9. The normalized spacial score (nSPS) is 31.7. The van der Waals surface area contributed by atoms with Gasteiger partial charge in [0.2, 0.25) is 69.7 Å². The molecule has 7 atom stereocenters. The molecule has 9 nitrogen and oxygen atoms in total. The molecule has 48 heavy (non-hydrogen) atoms. The zero-order chi connectivity index (χ0) is 36.7. The van der Waals surface area contributed by atoms with Crippen LogP contribution in [0.15, 0.2) is 0 Å². The molecule has 1 aliphatic carbocycles. The Hall–Kier alpha value is -3.01.